The maximum absolute atomic E-state index is 12.7. The highest BCUT2D eigenvalue weighted by Gasteiger charge is 2.17. The Morgan fingerprint density at radius 3 is 2.32 bits per heavy atom. The fourth-order valence-corrected chi connectivity index (χ4v) is 3.71. The molecule has 1 aromatic carbocycles. The average molecular weight is 428 g/mol. The topological polar surface area (TPSA) is 73.2 Å². The first-order valence-corrected chi connectivity index (χ1v) is 11.6. The Hall–Kier alpha value is -2.63. The molecule has 0 aliphatic rings. The highest BCUT2D eigenvalue weighted by atomic mass is 16.5. The van der Waals surface area contributed by atoms with E-state index >= 15 is 0 Å². The summed E-state index contributed by atoms with van der Waals surface area (Å²) in [6.07, 6.45) is 8.66. The molecule has 0 aliphatic heterocycles. The van der Waals surface area contributed by atoms with Gasteiger partial charge in [0, 0.05) is 24.2 Å². The molecule has 0 saturated carbocycles. The van der Waals surface area contributed by atoms with Crippen molar-refractivity contribution in [2.24, 2.45) is 0 Å². The molecule has 1 aromatic heterocycles. The largest absolute Gasteiger partial charge is 0.494 e. The van der Waals surface area contributed by atoms with Gasteiger partial charge in [0.15, 0.2) is 0 Å². The maximum atomic E-state index is 12.7. The average Bonchev–Trinajstić information content (AvgIpc) is 3.04. The van der Waals surface area contributed by atoms with Gasteiger partial charge in [-0.15, -0.1) is 0 Å². The van der Waals surface area contributed by atoms with Gasteiger partial charge < -0.3 is 10.1 Å². The van der Waals surface area contributed by atoms with Gasteiger partial charge in [0.25, 0.3) is 0 Å². The minimum atomic E-state index is -0.189. The summed E-state index contributed by atoms with van der Waals surface area (Å²) in [5.74, 6) is 0.431. The van der Waals surface area contributed by atoms with Crippen molar-refractivity contribution in [2.75, 3.05) is 11.9 Å². The van der Waals surface area contributed by atoms with Gasteiger partial charge in [0.05, 0.1) is 12.3 Å². The Morgan fingerprint density at radius 1 is 0.968 bits per heavy atom. The van der Waals surface area contributed by atoms with Crippen LogP contribution in [0.4, 0.5) is 5.69 Å². The summed E-state index contributed by atoms with van der Waals surface area (Å²) in [5.41, 5.74) is 3.68. The molecule has 2 rings (SSSR count). The van der Waals surface area contributed by atoms with E-state index in [1.54, 1.807) is 12.1 Å². The van der Waals surface area contributed by atoms with Crippen molar-refractivity contribution in [2.45, 2.75) is 85.5 Å². The number of unbranched alkanes of at least 4 members (excludes halogenated alkanes) is 5. The highest BCUT2D eigenvalue weighted by molar-refractivity contribution is 5.93. The molecule has 6 heteroatoms. The standard InChI is InChI=1S/C25H37N3O3/c1-5-7-8-9-10-11-12-23-19(3)27-28(20(23)4)25(30)18-17-24(29)26-21-13-15-22(16-14-21)31-6-2/h13-16H,5-12,17-18H2,1-4H3,(H,26,29). The second-order valence-electron chi connectivity index (χ2n) is 7.98. The van der Waals surface area contributed by atoms with Crippen LogP contribution in [0.3, 0.4) is 0 Å². The van der Waals surface area contributed by atoms with Crippen molar-refractivity contribution in [3.05, 3.63) is 41.2 Å². The Kier molecular flexibility index (Phi) is 10.3. The lowest BCUT2D eigenvalue weighted by Crippen LogP contribution is -2.18. The van der Waals surface area contributed by atoms with Crippen molar-refractivity contribution in [3.63, 3.8) is 0 Å². The molecule has 0 fully saturated rings. The third kappa shape index (κ3) is 7.85. The lowest BCUT2D eigenvalue weighted by molar-refractivity contribution is -0.116. The van der Waals surface area contributed by atoms with Crippen LogP contribution in [0.15, 0.2) is 24.3 Å². The van der Waals surface area contributed by atoms with Crippen molar-refractivity contribution < 1.29 is 14.3 Å². The molecular weight excluding hydrogens is 390 g/mol. The Balaban J connectivity index is 1.82. The minimum absolute atomic E-state index is 0.122. The van der Waals surface area contributed by atoms with E-state index in [0.717, 1.165) is 30.0 Å². The van der Waals surface area contributed by atoms with Crippen LogP contribution < -0.4 is 10.1 Å². The van der Waals surface area contributed by atoms with Gasteiger partial charge in [-0.3, -0.25) is 9.59 Å². The first-order valence-electron chi connectivity index (χ1n) is 11.6. The SMILES string of the molecule is CCCCCCCCc1c(C)nn(C(=O)CCC(=O)Nc2ccc(OCC)cc2)c1C. The molecule has 0 bridgehead atoms. The third-order valence-corrected chi connectivity index (χ3v) is 5.47. The van der Waals surface area contributed by atoms with Crippen LogP contribution in [0.2, 0.25) is 0 Å². The number of anilines is 1. The molecule has 0 spiro atoms. The number of rotatable bonds is 13. The van der Waals surface area contributed by atoms with Gasteiger partial charge in [-0.2, -0.15) is 5.10 Å². The Bertz CT molecular complexity index is 840. The zero-order chi connectivity index (χ0) is 22.6. The van der Waals surface area contributed by atoms with Crippen LogP contribution in [-0.4, -0.2) is 28.2 Å². The number of amides is 1. The Labute approximate surface area is 186 Å². The molecule has 0 unspecified atom stereocenters. The van der Waals surface area contributed by atoms with Gasteiger partial charge in [-0.05, 0) is 63.4 Å². The molecule has 0 saturated heterocycles. The number of carbonyl (C=O) groups is 2. The minimum Gasteiger partial charge on any atom is -0.494 e. The summed E-state index contributed by atoms with van der Waals surface area (Å²) in [6, 6.07) is 7.21. The van der Waals surface area contributed by atoms with Crippen LogP contribution >= 0.6 is 0 Å². The molecule has 0 radical (unpaired) electrons. The number of hydrogen-bond donors (Lipinski definition) is 1. The second-order valence-corrected chi connectivity index (χ2v) is 7.98. The second kappa shape index (κ2) is 12.9. The molecule has 31 heavy (non-hydrogen) atoms. The molecule has 1 N–H and O–H groups in total. The summed E-state index contributed by atoms with van der Waals surface area (Å²) in [7, 11) is 0. The molecule has 6 nitrogen and oxygen atoms in total. The zero-order valence-electron chi connectivity index (χ0n) is 19.5. The van der Waals surface area contributed by atoms with E-state index in [9.17, 15) is 9.59 Å². The molecule has 1 amide bonds. The first-order chi connectivity index (χ1) is 15.0. The van der Waals surface area contributed by atoms with Crippen molar-refractivity contribution in [1.29, 1.82) is 0 Å². The van der Waals surface area contributed by atoms with Crippen LogP contribution in [0, 0.1) is 13.8 Å². The van der Waals surface area contributed by atoms with Crippen LogP contribution in [-0.2, 0) is 11.2 Å². The van der Waals surface area contributed by atoms with E-state index in [1.165, 1.54) is 42.3 Å². The van der Waals surface area contributed by atoms with Crippen LogP contribution in [0.25, 0.3) is 0 Å². The highest BCUT2D eigenvalue weighted by Crippen LogP contribution is 2.19. The third-order valence-electron chi connectivity index (χ3n) is 5.47. The van der Waals surface area contributed by atoms with E-state index in [1.807, 2.05) is 32.9 Å². The van der Waals surface area contributed by atoms with E-state index in [-0.39, 0.29) is 24.7 Å². The van der Waals surface area contributed by atoms with Gasteiger partial charge in [0.1, 0.15) is 5.75 Å². The predicted octanol–water partition coefficient (Wildman–Crippen LogP) is 5.86. The normalized spacial score (nSPS) is 10.8. The number of nitrogens with one attached hydrogen (secondary N) is 1. The van der Waals surface area contributed by atoms with Gasteiger partial charge >= 0.3 is 0 Å². The summed E-state index contributed by atoms with van der Waals surface area (Å²) in [5, 5.41) is 7.27. The van der Waals surface area contributed by atoms with E-state index in [4.69, 9.17) is 4.74 Å². The summed E-state index contributed by atoms with van der Waals surface area (Å²) in [4.78, 5) is 24.9. The summed E-state index contributed by atoms with van der Waals surface area (Å²) >= 11 is 0. The molecule has 2 aromatic rings. The van der Waals surface area contributed by atoms with Crippen LogP contribution in [0.1, 0.15) is 87.0 Å². The number of ether oxygens (including phenoxy) is 1. The molecular formula is C25H37N3O3. The number of benzene rings is 1. The Morgan fingerprint density at radius 2 is 1.65 bits per heavy atom. The number of hydrogen-bond acceptors (Lipinski definition) is 4. The number of carbonyl (C=O) groups excluding carboxylic acids is 2. The van der Waals surface area contributed by atoms with Crippen molar-refractivity contribution in [1.82, 2.24) is 9.78 Å². The van der Waals surface area contributed by atoms with Gasteiger partial charge in [0.2, 0.25) is 11.8 Å². The number of nitrogens with zero attached hydrogens (tertiary/aromatic N) is 2. The molecule has 0 aliphatic carbocycles. The number of aryl methyl sites for hydroxylation is 1. The van der Waals surface area contributed by atoms with Gasteiger partial charge in [-0.1, -0.05) is 39.0 Å². The molecule has 1 heterocycles. The number of aromatic nitrogens is 2. The zero-order valence-corrected chi connectivity index (χ0v) is 19.5. The fraction of sp³-hybridized carbons (Fsp3) is 0.560. The van der Waals surface area contributed by atoms with E-state index < -0.39 is 0 Å². The maximum Gasteiger partial charge on any atom is 0.247 e. The quantitative estimate of drug-likeness (QED) is 0.406. The smallest absolute Gasteiger partial charge is 0.247 e. The lowest BCUT2D eigenvalue weighted by atomic mass is 10.0. The van der Waals surface area contributed by atoms with Crippen molar-refractivity contribution in [3.8, 4) is 5.75 Å². The van der Waals surface area contributed by atoms with Crippen molar-refractivity contribution >= 4 is 17.5 Å². The lowest BCUT2D eigenvalue weighted by Gasteiger charge is -2.08. The predicted molar refractivity (Wildman–Crippen MR) is 125 cm³/mol. The van der Waals surface area contributed by atoms with Gasteiger partial charge in [-0.25, -0.2) is 4.68 Å². The van der Waals surface area contributed by atoms with Crippen LogP contribution in [0.5, 0.6) is 5.75 Å². The molecule has 0 atom stereocenters. The summed E-state index contributed by atoms with van der Waals surface area (Å²) < 4.78 is 6.87. The molecule has 170 valence electrons. The van der Waals surface area contributed by atoms with E-state index in [0.29, 0.717) is 12.3 Å². The summed E-state index contributed by atoms with van der Waals surface area (Å²) in [6.45, 7) is 8.65. The monoisotopic (exact) mass is 427 g/mol. The first kappa shape index (κ1) is 24.6. The fourth-order valence-electron chi connectivity index (χ4n) is 3.71. The van der Waals surface area contributed by atoms with E-state index in [2.05, 4.69) is 17.3 Å².